The number of thioether (sulfide) groups is 1. The molecule has 2 N–H and O–H groups in total. The molecule has 0 aromatic rings. The van der Waals surface area contributed by atoms with Gasteiger partial charge in [-0.2, -0.15) is 11.8 Å². The van der Waals surface area contributed by atoms with Crippen molar-refractivity contribution in [3.63, 3.8) is 0 Å². The van der Waals surface area contributed by atoms with Crippen molar-refractivity contribution in [2.24, 2.45) is 11.7 Å². The van der Waals surface area contributed by atoms with E-state index < -0.39 is 0 Å². The van der Waals surface area contributed by atoms with Crippen LogP contribution in [0.25, 0.3) is 0 Å². The predicted molar refractivity (Wildman–Crippen MR) is 72.2 cm³/mol. The van der Waals surface area contributed by atoms with E-state index in [9.17, 15) is 4.79 Å². The number of hydrogen-bond acceptors (Lipinski definition) is 4. The van der Waals surface area contributed by atoms with E-state index in [1.807, 2.05) is 16.7 Å². The first kappa shape index (κ1) is 14.8. The minimum Gasteiger partial charge on any atom is -0.378 e. The van der Waals surface area contributed by atoms with Crippen LogP contribution in [0.3, 0.4) is 0 Å². The summed E-state index contributed by atoms with van der Waals surface area (Å²) in [5, 5.41) is 0. The number of morpholine rings is 1. The molecule has 0 saturated carbocycles. The minimum absolute atomic E-state index is 0.278. The number of amides is 1. The molecule has 17 heavy (non-hydrogen) atoms. The quantitative estimate of drug-likeness (QED) is 0.693. The van der Waals surface area contributed by atoms with Crippen molar-refractivity contribution in [1.29, 1.82) is 0 Å². The molecule has 1 amide bonds. The van der Waals surface area contributed by atoms with Crippen LogP contribution in [0.2, 0.25) is 0 Å². The standard InChI is InChI=1S/C12H24N2O2S/c1-11(9-13)10-17-8-2-3-12(15)14-4-6-16-7-5-14/h11H,2-10,13H2,1H3. The van der Waals surface area contributed by atoms with Gasteiger partial charge in [-0.05, 0) is 30.4 Å². The third-order valence-electron chi connectivity index (χ3n) is 2.85. The van der Waals surface area contributed by atoms with Gasteiger partial charge in [0.05, 0.1) is 13.2 Å². The summed E-state index contributed by atoms with van der Waals surface area (Å²) in [7, 11) is 0. The molecule has 0 aliphatic carbocycles. The Balaban J connectivity index is 2.00. The summed E-state index contributed by atoms with van der Waals surface area (Å²) in [5.41, 5.74) is 5.55. The molecule has 0 bridgehead atoms. The normalized spacial score (nSPS) is 18.1. The molecule has 4 nitrogen and oxygen atoms in total. The maximum atomic E-state index is 11.8. The Hall–Kier alpha value is -0.260. The highest BCUT2D eigenvalue weighted by Gasteiger charge is 2.15. The molecule has 1 aliphatic heterocycles. The maximum absolute atomic E-state index is 11.8. The summed E-state index contributed by atoms with van der Waals surface area (Å²) in [6.07, 6.45) is 1.64. The fourth-order valence-corrected chi connectivity index (χ4v) is 2.70. The van der Waals surface area contributed by atoms with Crippen LogP contribution in [0.15, 0.2) is 0 Å². The molecule has 1 unspecified atom stereocenters. The fourth-order valence-electron chi connectivity index (χ4n) is 1.65. The van der Waals surface area contributed by atoms with E-state index >= 15 is 0 Å². The van der Waals surface area contributed by atoms with Gasteiger partial charge in [0.2, 0.25) is 5.91 Å². The van der Waals surface area contributed by atoms with Crippen molar-refractivity contribution >= 4 is 17.7 Å². The van der Waals surface area contributed by atoms with Crippen LogP contribution in [0, 0.1) is 5.92 Å². The number of nitrogens with zero attached hydrogens (tertiary/aromatic N) is 1. The minimum atomic E-state index is 0.278. The molecule has 1 rings (SSSR count). The van der Waals surface area contributed by atoms with Gasteiger partial charge in [-0.1, -0.05) is 6.92 Å². The number of ether oxygens (including phenoxy) is 1. The summed E-state index contributed by atoms with van der Waals surface area (Å²) in [6.45, 7) is 5.81. The molecule has 1 heterocycles. The summed E-state index contributed by atoms with van der Waals surface area (Å²) < 4.78 is 5.22. The number of carbonyl (C=O) groups excluding carboxylic acids is 1. The van der Waals surface area contributed by atoms with E-state index in [4.69, 9.17) is 10.5 Å². The molecule has 0 aromatic heterocycles. The zero-order valence-electron chi connectivity index (χ0n) is 10.7. The Bertz CT molecular complexity index is 221. The van der Waals surface area contributed by atoms with Crippen molar-refractivity contribution in [3.05, 3.63) is 0 Å². The van der Waals surface area contributed by atoms with Gasteiger partial charge in [0.25, 0.3) is 0 Å². The van der Waals surface area contributed by atoms with Crippen molar-refractivity contribution in [3.8, 4) is 0 Å². The summed E-state index contributed by atoms with van der Waals surface area (Å²) in [6, 6.07) is 0. The lowest BCUT2D eigenvalue weighted by Gasteiger charge is -2.26. The van der Waals surface area contributed by atoms with Crippen LogP contribution >= 0.6 is 11.8 Å². The van der Waals surface area contributed by atoms with E-state index in [2.05, 4.69) is 6.92 Å². The summed E-state index contributed by atoms with van der Waals surface area (Å²) >= 11 is 1.90. The highest BCUT2D eigenvalue weighted by atomic mass is 32.2. The lowest BCUT2D eigenvalue weighted by Crippen LogP contribution is -2.40. The Morgan fingerprint density at radius 3 is 2.82 bits per heavy atom. The van der Waals surface area contributed by atoms with Crippen LogP contribution in [-0.4, -0.2) is 55.2 Å². The SMILES string of the molecule is CC(CN)CSCCCC(=O)N1CCOCC1. The topological polar surface area (TPSA) is 55.6 Å². The number of rotatable bonds is 7. The molecule has 0 spiro atoms. The van der Waals surface area contributed by atoms with Crippen molar-refractivity contribution < 1.29 is 9.53 Å². The average Bonchev–Trinajstić information content (AvgIpc) is 2.38. The van der Waals surface area contributed by atoms with E-state index in [0.29, 0.717) is 25.6 Å². The van der Waals surface area contributed by atoms with Crippen molar-refractivity contribution in [1.82, 2.24) is 4.90 Å². The van der Waals surface area contributed by atoms with E-state index in [-0.39, 0.29) is 5.91 Å². The van der Waals surface area contributed by atoms with Gasteiger partial charge >= 0.3 is 0 Å². The zero-order chi connectivity index (χ0) is 12.5. The highest BCUT2D eigenvalue weighted by Crippen LogP contribution is 2.11. The third-order valence-corrected chi connectivity index (χ3v) is 4.23. The molecule has 100 valence electrons. The van der Waals surface area contributed by atoms with Gasteiger partial charge in [0.1, 0.15) is 0 Å². The number of hydrogen-bond donors (Lipinski definition) is 1. The second-order valence-electron chi connectivity index (χ2n) is 4.51. The van der Waals surface area contributed by atoms with E-state index in [1.165, 1.54) is 0 Å². The van der Waals surface area contributed by atoms with Crippen LogP contribution in [0.4, 0.5) is 0 Å². The average molecular weight is 260 g/mol. The Kier molecular flexibility index (Phi) is 7.64. The second kappa shape index (κ2) is 8.78. The van der Waals surface area contributed by atoms with E-state index in [1.54, 1.807) is 0 Å². The van der Waals surface area contributed by atoms with Crippen molar-refractivity contribution in [2.45, 2.75) is 19.8 Å². The zero-order valence-corrected chi connectivity index (χ0v) is 11.5. The Labute approximate surface area is 108 Å². The lowest BCUT2D eigenvalue weighted by atomic mass is 10.2. The highest BCUT2D eigenvalue weighted by molar-refractivity contribution is 7.99. The molecular formula is C12H24N2O2S. The van der Waals surface area contributed by atoms with Gasteiger partial charge < -0.3 is 15.4 Å². The molecule has 0 aromatic carbocycles. The van der Waals surface area contributed by atoms with Crippen LogP contribution in [0.1, 0.15) is 19.8 Å². The molecule has 1 saturated heterocycles. The van der Waals surface area contributed by atoms with Gasteiger partial charge in [0.15, 0.2) is 0 Å². The van der Waals surface area contributed by atoms with Gasteiger partial charge in [-0.3, -0.25) is 4.79 Å². The molecular weight excluding hydrogens is 236 g/mol. The first-order chi connectivity index (χ1) is 8.24. The third kappa shape index (κ3) is 6.29. The van der Waals surface area contributed by atoms with Gasteiger partial charge in [-0.25, -0.2) is 0 Å². The van der Waals surface area contributed by atoms with Crippen LogP contribution in [0.5, 0.6) is 0 Å². The monoisotopic (exact) mass is 260 g/mol. The Morgan fingerprint density at radius 1 is 1.47 bits per heavy atom. The maximum Gasteiger partial charge on any atom is 0.222 e. The van der Waals surface area contributed by atoms with E-state index in [0.717, 1.165) is 37.6 Å². The summed E-state index contributed by atoms with van der Waals surface area (Å²) in [5.74, 6) is 3.01. The number of nitrogens with two attached hydrogens (primary N) is 1. The number of carbonyl (C=O) groups is 1. The van der Waals surface area contributed by atoms with Crippen molar-refractivity contribution in [2.75, 3.05) is 44.4 Å². The summed E-state index contributed by atoms with van der Waals surface area (Å²) in [4.78, 5) is 13.7. The van der Waals surface area contributed by atoms with Crippen LogP contribution in [-0.2, 0) is 9.53 Å². The van der Waals surface area contributed by atoms with Gasteiger partial charge in [-0.15, -0.1) is 0 Å². The molecule has 0 radical (unpaired) electrons. The smallest absolute Gasteiger partial charge is 0.222 e. The first-order valence-corrected chi connectivity index (χ1v) is 7.53. The second-order valence-corrected chi connectivity index (χ2v) is 5.66. The fraction of sp³-hybridized carbons (Fsp3) is 0.917. The molecule has 1 aliphatic rings. The Morgan fingerprint density at radius 2 is 2.18 bits per heavy atom. The molecule has 5 heteroatoms. The largest absolute Gasteiger partial charge is 0.378 e. The van der Waals surface area contributed by atoms with Crippen LogP contribution < -0.4 is 5.73 Å². The predicted octanol–water partition coefficient (Wildman–Crippen LogP) is 0.953. The van der Waals surface area contributed by atoms with Gasteiger partial charge in [0, 0.05) is 19.5 Å². The lowest BCUT2D eigenvalue weighted by molar-refractivity contribution is -0.135. The molecule has 1 atom stereocenters. The first-order valence-electron chi connectivity index (χ1n) is 6.37. The molecule has 1 fully saturated rings.